The maximum Gasteiger partial charge on any atom is 0.228 e. The van der Waals surface area contributed by atoms with Crippen LogP contribution in [0.15, 0.2) is 0 Å². The van der Waals surface area contributed by atoms with Gasteiger partial charge in [-0.15, -0.1) is 0 Å². The molecule has 2 N–H and O–H groups in total. The van der Waals surface area contributed by atoms with E-state index < -0.39 is 0 Å². The molecular weight excluding hydrogens is 281 g/mol. The molecular formula is C7H12IN5. The molecule has 72 valence electrons. The summed E-state index contributed by atoms with van der Waals surface area (Å²) in [5, 5.41) is 6.08. The molecule has 1 aromatic rings. The van der Waals surface area contributed by atoms with Crippen LogP contribution in [-0.4, -0.2) is 28.0 Å². The Morgan fingerprint density at radius 1 is 1.00 bits per heavy atom. The number of aromatic nitrogens is 3. The molecule has 1 aromatic heterocycles. The van der Waals surface area contributed by atoms with E-state index in [0.29, 0.717) is 15.7 Å². The molecule has 0 bridgehead atoms. The van der Waals surface area contributed by atoms with Crippen molar-refractivity contribution in [2.24, 2.45) is 0 Å². The minimum atomic E-state index is 0.623. The normalized spacial score (nSPS) is 9.77. The fourth-order valence-electron chi connectivity index (χ4n) is 0.824. The molecule has 0 aromatic carbocycles. The van der Waals surface area contributed by atoms with Crippen molar-refractivity contribution in [3.05, 3.63) is 3.83 Å². The Labute approximate surface area is 90.9 Å². The summed E-state index contributed by atoms with van der Waals surface area (Å²) >= 11 is 2.07. The molecule has 13 heavy (non-hydrogen) atoms. The van der Waals surface area contributed by atoms with E-state index in [1.54, 1.807) is 0 Å². The van der Waals surface area contributed by atoms with Crippen LogP contribution in [0, 0.1) is 3.83 Å². The minimum absolute atomic E-state index is 0.623. The third-order valence-corrected chi connectivity index (χ3v) is 1.76. The monoisotopic (exact) mass is 293 g/mol. The Bertz CT molecular complexity index is 253. The SMILES string of the molecule is CCNc1nc(I)nc(NCC)n1. The first kappa shape index (κ1) is 10.4. The lowest BCUT2D eigenvalue weighted by Crippen LogP contribution is -2.09. The number of anilines is 2. The van der Waals surface area contributed by atoms with Crippen LogP contribution in [0.5, 0.6) is 0 Å². The Morgan fingerprint density at radius 3 is 1.85 bits per heavy atom. The van der Waals surface area contributed by atoms with Gasteiger partial charge in [0, 0.05) is 35.7 Å². The van der Waals surface area contributed by atoms with Gasteiger partial charge in [-0.25, -0.2) is 0 Å². The van der Waals surface area contributed by atoms with Crippen molar-refractivity contribution in [2.45, 2.75) is 13.8 Å². The zero-order valence-corrected chi connectivity index (χ0v) is 9.79. The number of rotatable bonds is 4. The molecule has 5 nitrogen and oxygen atoms in total. The summed E-state index contributed by atoms with van der Waals surface area (Å²) in [5.74, 6) is 1.25. The Morgan fingerprint density at radius 2 is 1.46 bits per heavy atom. The molecule has 1 rings (SSSR count). The first-order chi connectivity index (χ1) is 6.26. The van der Waals surface area contributed by atoms with Gasteiger partial charge in [-0.05, 0) is 13.8 Å². The molecule has 6 heteroatoms. The molecule has 1 heterocycles. The van der Waals surface area contributed by atoms with Crippen LogP contribution >= 0.6 is 22.6 Å². The Hall–Kier alpha value is -0.660. The summed E-state index contributed by atoms with van der Waals surface area (Å²) in [6.07, 6.45) is 0. The lowest BCUT2D eigenvalue weighted by atomic mass is 10.7. The summed E-state index contributed by atoms with van der Waals surface area (Å²) in [4.78, 5) is 12.4. The van der Waals surface area contributed by atoms with Crippen molar-refractivity contribution in [3.8, 4) is 0 Å². The van der Waals surface area contributed by atoms with Crippen molar-refractivity contribution in [2.75, 3.05) is 23.7 Å². The minimum Gasteiger partial charge on any atom is -0.354 e. The van der Waals surface area contributed by atoms with Crippen LogP contribution in [0.1, 0.15) is 13.8 Å². The largest absolute Gasteiger partial charge is 0.354 e. The fraction of sp³-hybridized carbons (Fsp3) is 0.571. The fourth-order valence-corrected chi connectivity index (χ4v) is 1.28. The quantitative estimate of drug-likeness (QED) is 0.820. The number of nitrogens with one attached hydrogen (secondary N) is 2. The van der Waals surface area contributed by atoms with E-state index in [1.807, 2.05) is 13.8 Å². The summed E-state index contributed by atoms with van der Waals surface area (Å²) in [6.45, 7) is 5.63. The molecule has 0 atom stereocenters. The van der Waals surface area contributed by atoms with E-state index in [2.05, 4.69) is 48.2 Å². The lowest BCUT2D eigenvalue weighted by Gasteiger charge is -2.04. The molecule has 0 radical (unpaired) electrons. The average molecular weight is 293 g/mol. The van der Waals surface area contributed by atoms with Crippen molar-refractivity contribution in [3.63, 3.8) is 0 Å². The predicted octanol–water partition coefficient (Wildman–Crippen LogP) is 1.34. The van der Waals surface area contributed by atoms with Gasteiger partial charge < -0.3 is 10.6 Å². The average Bonchev–Trinajstić information content (AvgIpc) is 2.04. The third-order valence-electron chi connectivity index (χ3n) is 1.28. The zero-order chi connectivity index (χ0) is 9.68. The smallest absolute Gasteiger partial charge is 0.228 e. The van der Waals surface area contributed by atoms with E-state index in [9.17, 15) is 0 Å². The molecule has 0 saturated heterocycles. The lowest BCUT2D eigenvalue weighted by molar-refractivity contribution is 0.972. The van der Waals surface area contributed by atoms with Gasteiger partial charge in [-0.3, -0.25) is 0 Å². The zero-order valence-electron chi connectivity index (χ0n) is 7.63. The standard InChI is InChI=1S/C7H12IN5/c1-3-9-6-11-5(8)12-7(13-6)10-4-2/h3-4H2,1-2H3,(H2,9,10,11,12,13). The molecule has 0 unspecified atom stereocenters. The molecule has 0 aliphatic rings. The Kier molecular flexibility index (Phi) is 4.13. The van der Waals surface area contributed by atoms with Gasteiger partial charge in [0.05, 0.1) is 0 Å². The number of halogens is 1. The molecule has 0 saturated carbocycles. The van der Waals surface area contributed by atoms with Crippen LogP contribution in [0.25, 0.3) is 0 Å². The molecule has 0 aliphatic carbocycles. The van der Waals surface area contributed by atoms with Gasteiger partial charge in [0.15, 0.2) is 3.83 Å². The highest BCUT2D eigenvalue weighted by Gasteiger charge is 2.01. The van der Waals surface area contributed by atoms with Gasteiger partial charge >= 0.3 is 0 Å². The van der Waals surface area contributed by atoms with Crippen LogP contribution in [0.4, 0.5) is 11.9 Å². The predicted molar refractivity (Wildman–Crippen MR) is 60.9 cm³/mol. The van der Waals surface area contributed by atoms with Crippen molar-refractivity contribution in [1.82, 2.24) is 15.0 Å². The second kappa shape index (κ2) is 5.15. The first-order valence-electron chi connectivity index (χ1n) is 4.15. The van der Waals surface area contributed by atoms with Crippen molar-refractivity contribution < 1.29 is 0 Å². The highest BCUT2D eigenvalue weighted by molar-refractivity contribution is 14.1. The van der Waals surface area contributed by atoms with Crippen molar-refractivity contribution in [1.29, 1.82) is 0 Å². The Balaban J connectivity index is 2.83. The summed E-state index contributed by atoms with van der Waals surface area (Å²) < 4.78 is 0.694. The van der Waals surface area contributed by atoms with Crippen LogP contribution in [-0.2, 0) is 0 Å². The first-order valence-corrected chi connectivity index (χ1v) is 5.23. The highest BCUT2D eigenvalue weighted by atomic mass is 127. The van der Waals surface area contributed by atoms with Crippen LogP contribution in [0.3, 0.4) is 0 Å². The van der Waals surface area contributed by atoms with Crippen LogP contribution < -0.4 is 10.6 Å². The number of nitrogens with zero attached hydrogens (tertiary/aromatic N) is 3. The van der Waals surface area contributed by atoms with Crippen molar-refractivity contribution >= 4 is 34.5 Å². The topological polar surface area (TPSA) is 62.7 Å². The van der Waals surface area contributed by atoms with Gasteiger partial charge in [-0.1, -0.05) is 0 Å². The van der Waals surface area contributed by atoms with Gasteiger partial charge in [0.25, 0.3) is 0 Å². The number of hydrogen-bond donors (Lipinski definition) is 2. The number of hydrogen-bond acceptors (Lipinski definition) is 5. The third kappa shape index (κ3) is 3.29. The molecule has 0 spiro atoms. The maximum absolute atomic E-state index is 4.16. The van der Waals surface area contributed by atoms with Crippen LogP contribution in [0.2, 0.25) is 0 Å². The van der Waals surface area contributed by atoms with Gasteiger partial charge in [-0.2, -0.15) is 15.0 Å². The highest BCUT2D eigenvalue weighted by Crippen LogP contribution is 2.06. The maximum atomic E-state index is 4.16. The van der Waals surface area contributed by atoms with E-state index in [4.69, 9.17) is 0 Å². The van der Waals surface area contributed by atoms with E-state index in [0.717, 1.165) is 13.1 Å². The van der Waals surface area contributed by atoms with E-state index in [1.165, 1.54) is 0 Å². The van der Waals surface area contributed by atoms with Gasteiger partial charge in [0.1, 0.15) is 0 Å². The second-order valence-electron chi connectivity index (χ2n) is 2.31. The molecule has 0 fully saturated rings. The summed E-state index contributed by atoms with van der Waals surface area (Å²) in [6, 6.07) is 0. The molecule has 0 amide bonds. The summed E-state index contributed by atoms with van der Waals surface area (Å²) in [5.41, 5.74) is 0. The molecule has 0 aliphatic heterocycles. The second-order valence-corrected chi connectivity index (χ2v) is 3.28. The van der Waals surface area contributed by atoms with E-state index >= 15 is 0 Å². The van der Waals surface area contributed by atoms with E-state index in [-0.39, 0.29) is 0 Å². The van der Waals surface area contributed by atoms with Gasteiger partial charge in [0.2, 0.25) is 11.9 Å². The summed E-state index contributed by atoms with van der Waals surface area (Å²) in [7, 11) is 0.